The number of hydrogen-bond acceptors (Lipinski definition) is 2. The Morgan fingerprint density at radius 2 is 1.64 bits per heavy atom. The van der Waals surface area contributed by atoms with Crippen molar-refractivity contribution in [2.75, 3.05) is 0 Å². The number of halogens is 1. The van der Waals surface area contributed by atoms with Crippen molar-refractivity contribution >= 4 is 11.8 Å². The summed E-state index contributed by atoms with van der Waals surface area (Å²) in [5.41, 5.74) is 1.88. The highest BCUT2D eigenvalue weighted by Gasteiger charge is 2.28. The second-order valence-corrected chi connectivity index (χ2v) is 7.22. The third kappa shape index (κ3) is 6.48. The van der Waals surface area contributed by atoms with Crippen LogP contribution in [0.5, 0.6) is 0 Å². The van der Waals surface area contributed by atoms with Gasteiger partial charge in [0.25, 0.3) is 0 Å². The van der Waals surface area contributed by atoms with Crippen LogP contribution >= 0.6 is 0 Å². The number of amides is 2. The fourth-order valence-electron chi connectivity index (χ4n) is 3.13. The predicted molar refractivity (Wildman–Crippen MR) is 109 cm³/mol. The molecule has 0 saturated heterocycles. The van der Waals surface area contributed by atoms with Gasteiger partial charge in [0.05, 0.1) is 0 Å². The van der Waals surface area contributed by atoms with E-state index in [0.29, 0.717) is 19.3 Å². The highest BCUT2D eigenvalue weighted by atomic mass is 19.1. The molecule has 2 rings (SSSR count). The molecule has 2 aromatic carbocycles. The van der Waals surface area contributed by atoms with Gasteiger partial charge in [0.1, 0.15) is 11.9 Å². The van der Waals surface area contributed by atoms with Crippen molar-refractivity contribution in [2.24, 2.45) is 0 Å². The molecule has 150 valence electrons. The average molecular weight is 384 g/mol. The molecule has 2 aromatic rings. The number of carbonyl (C=O) groups is 2. The molecular weight excluding hydrogens is 355 g/mol. The molecule has 2 amide bonds. The van der Waals surface area contributed by atoms with Crippen LogP contribution in [0.1, 0.15) is 44.7 Å². The van der Waals surface area contributed by atoms with Crippen LogP contribution in [0.25, 0.3) is 0 Å². The van der Waals surface area contributed by atoms with E-state index in [1.54, 1.807) is 17.0 Å². The largest absolute Gasteiger partial charge is 0.352 e. The highest BCUT2D eigenvalue weighted by Crippen LogP contribution is 2.16. The average Bonchev–Trinajstić information content (AvgIpc) is 2.67. The lowest BCUT2D eigenvalue weighted by Crippen LogP contribution is -2.50. The Balaban J connectivity index is 2.18. The molecule has 0 aliphatic rings. The first kappa shape index (κ1) is 21.6. The van der Waals surface area contributed by atoms with Crippen LogP contribution in [0.3, 0.4) is 0 Å². The molecule has 1 unspecified atom stereocenters. The minimum atomic E-state index is -0.560. The van der Waals surface area contributed by atoms with Gasteiger partial charge in [-0.25, -0.2) is 4.39 Å². The third-order valence-corrected chi connectivity index (χ3v) is 4.55. The normalized spacial score (nSPS) is 11.9. The molecule has 0 heterocycles. The number of nitrogens with zero attached hydrogens (tertiary/aromatic N) is 1. The Bertz CT molecular complexity index is 760. The predicted octanol–water partition coefficient (Wildman–Crippen LogP) is 4.09. The van der Waals surface area contributed by atoms with Crippen LogP contribution in [-0.4, -0.2) is 28.8 Å². The molecule has 0 aliphatic heterocycles. The van der Waals surface area contributed by atoms with Crippen molar-refractivity contribution in [3.05, 3.63) is 71.5 Å². The van der Waals surface area contributed by atoms with Gasteiger partial charge in [-0.05, 0) is 49.9 Å². The zero-order chi connectivity index (χ0) is 20.5. The van der Waals surface area contributed by atoms with Gasteiger partial charge in [-0.2, -0.15) is 0 Å². The van der Waals surface area contributed by atoms with E-state index in [4.69, 9.17) is 0 Å². The Labute approximate surface area is 166 Å². The van der Waals surface area contributed by atoms with Crippen molar-refractivity contribution in [1.82, 2.24) is 10.2 Å². The Morgan fingerprint density at radius 1 is 1.00 bits per heavy atom. The van der Waals surface area contributed by atoms with Crippen LogP contribution in [-0.2, 0) is 22.6 Å². The Morgan fingerprint density at radius 3 is 2.21 bits per heavy atom. The van der Waals surface area contributed by atoms with Gasteiger partial charge in [-0.15, -0.1) is 0 Å². The van der Waals surface area contributed by atoms with Gasteiger partial charge in [-0.1, -0.05) is 49.4 Å². The molecule has 0 bridgehead atoms. The maximum absolute atomic E-state index is 13.2. The third-order valence-electron chi connectivity index (χ3n) is 4.55. The number of aryl methyl sites for hydroxylation is 1. The van der Waals surface area contributed by atoms with Crippen LogP contribution in [0, 0.1) is 5.82 Å². The fourth-order valence-corrected chi connectivity index (χ4v) is 3.13. The summed E-state index contributed by atoms with van der Waals surface area (Å²) in [4.78, 5) is 27.4. The Kier molecular flexibility index (Phi) is 8.18. The summed E-state index contributed by atoms with van der Waals surface area (Å²) in [5, 5.41) is 2.90. The van der Waals surface area contributed by atoms with E-state index in [2.05, 4.69) is 5.32 Å². The topological polar surface area (TPSA) is 49.4 Å². The van der Waals surface area contributed by atoms with Crippen LogP contribution in [0.4, 0.5) is 4.39 Å². The summed E-state index contributed by atoms with van der Waals surface area (Å²) >= 11 is 0. The standard InChI is InChI=1S/C23H29FN2O2/c1-4-21(23(28)25-17(2)3)26(16-19-10-13-20(24)14-11-19)22(27)15-12-18-8-6-5-7-9-18/h5-11,13-14,17,21H,4,12,15-16H2,1-3H3,(H,25,28). The fraction of sp³-hybridized carbons (Fsp3) is 0.391. The molecule has 0 aromatic heterocycles. The van der Waals surface area contributed by atoms with E-state index in [1.165, 1.54) is 12.1 Å². The second-order valence-electron chi connectivity index (χ2n) is 7.22. The number of hydrogen-bond donors (Lipinski definition) is 1. The van der Waals surface area contributed by atoms with E-state index in [-0.39, 0.29) is 30.2 Å². The number of nitrogens with one attached hydrogen (secondary N) is 1. The maximum atomic E-state index is 13.2. The summed E-state index contributed by atoms with van der Waals surface area (Å²) < 4.78 is 13.2. The minimum Gasteiger partial charge on any atom is -0.352 e. The van der Waals surface area contributed by atoms with E-state index in [9.17, 15) is 14.0 Å². The molecule has 1 atom stereocenters. The quantitative estimate of drug-likeness (QED) is 0.708. The lowest BCUT2D eigenvalue weighted by atomic mass is 10.1. The van der Waals surface area contributed by atoms with E-state index in [1.807, 2.05) is 51.1 Å². The zero-order valence-electron chi connectivity index (χ0n) is 16.8. The van der Waals surface area contributed by atoms with E-state index in [0.717, 1.165) is 11.1 Å². The maximum Gasteiger partial charge on any atom is 0.243 e. The number of carbonyl (C=O) groups excluding carboxylic acids is 2. The van der Waals surface area contributed by atoms with Gasteiger partial charge in [0.2, 0.25) is 11.8 Å². The summed E-state index contributed by atoms with van der Waals surface area (Å²) in [6.07, 6.45) is 1.44. The smallest absolute Gasteiger partial charge is 0.243 e. The molecule has 0 radical (unpaired) electrons. The Hall–Kier alpha value is -2.69. The molecule has 0 saturated carbocycles. The van der Waals surface area contributed by atoms with E-state index >= 15 is 0 Å². The highest BCUT2D eigenvalue weighted by molar-refractivity contribution is 5.87. The first-order valence-electron chi connectivity index (χ1n) is 9.79. The summed E-state index contributed by atoms with van der Waals surface area (Å²) in [7, 11) is 0. The second kappa shape index (κ2) is 10.6. The summed E-state index contributed by atoms with van der Waals surface area (Å²) in [6, 6.07) is 15.3. The van der Waals surface area contributed by atoms with Crippen molar-refractivity contribution < 1.29 is 14.0 Å². The molecule has 4 nitrogen and oxygen atoms in total. The van der Waals surface area contributed by atoms with Gasteiger partial charge in [0, 0.05) is 19.0 Å². The van der Waals surface area contributed by atoms with Crippen molar-refractivity contribution in [2.45, 2.75) is 58.7 Å². The van der Waals surface area contributed by atoms with Gasteiger partial charge >= 0.3 is 0 Å². The summed E-state index contributed by atoms with van der Waals surface area (Å²) in [5.74, 6) is -0.568. The van der Waals surface area contributed by atoms with Gasteiger partial charge in [-0.3, -0.25) is 9.59 Å². The molecule has 1 N–H and O–H groups in total. The monoisotopic (exact) mass is 384 g/mol. The van der Waals surface area contributed by atoms with Crippen LogP contribution in [0.2, 0.25) is 0 Å². The molecule has 0 aliphatic carbocycles. The SMILES string of the molecule is CCC(C(=O)NC(C)C)N(Cc1ccc(F)cc1)C(=O)CCc1ccccc1. The zero-order valence-corrected chi connectivity index (χ0v) is 16.8. The number of rotatable bonds is 9. The van der Waals surface area contributed by atoms with Crippen molar-refractivity contribution in [1.29, 1.82) is 0 Å². The molecular formula is C23H29FN2O2. The van der Waals surface area contributed by atoms with Crippen LogP contribution < -0.4 is 5.32 Å². The van der Waals surface area contributed by atoms with Gasteiger partial charge < -0.3 is 10.2 Å². The van der Waals surface area contributed by atoms with E-state index < -0.39 is 6.04 Å². The van der Waals surface area contributed by atoms with Crippen LogP contribution in [0.15, 0.2) is 54.6 Å². The summed E-state index contributed by atoms with van der Waals surface area (Å²) in [6.45, 7) is 5.96. The minimum absolute atomic E-state index is 0.00589. The van der Waals surface area contributed by atoms with Crippen molar-refractivity contribution in [3.63, 3.8) is 0 Å². The molecule has 28 heavy (non-hydrogen) atoms. The first-order chi connectivity index (χ1) is 13.4. The van der Waals surface area contributed by atoms with Gasteiger partial charge in [0.15, 0.2) is 0 Å². The number of benzene rings is 2. The molecule has 0 spiro atoms. The first-order valence-corrected chi connectivity index (χ1v) is 9.79. The molecule has 0 fully saturated rings. The molecule has 5 heteroatoms. The lowest BCUT2D eigenvalue weighted by molar-refractivity contribution is -0.141. The lowest BCUT2D eigenvalue weighted by Gasteiger charge is -2.31. The van der Waals surface area contributed by atoms with Crippen molar-refractivity contribution in [3.8, 4) is 0 Å².